The fraction of sp³-hybridized carbons (Fsp3) is 0.500. The smallest absolute Gasteiger partial charge is 0.475 e. The van der Waals surface area contributed by atoms with Crippen molar-refractivity contribution in [1.82, 2.24) is 15.0 Å². The minimum atomic E-state index is -5.08. The molecule has 7 nitrogen and oxygen atoms in total. The molecule has 1 aromatic carbocycles. The number of aliphatic carboxylic acids is 1. The minimum absolute atomic E-state index is 0.0385. The molecule has 0 spiro atoms. The number of hydrogen-bond donors (Lipinski definition) is 3. The van der Waals surface area contributed by atoms with Gasteiger partial charge in [0, 0.05) is 29.9 Å². The molecule has 192 valence electrons. The van der Waals surface area contributed by atoms with Crippen molar-refractivity contribution >= 4 is 16.0 Å². The van der Waals surface area contributed by atoms with Crippen molar-refractivity contribution in [2.75, 3.05) is 12.3 Å². The highest BCUT2D eigenvalue weighted by atomic mass is 32.2. The van der Waals surface area contributed by atoms with Gasteiger partial charge in [-0.3, -0.25) is 4.98 Å². The Labute approximate surface area is 203 Å². The van der Waals surface area contributed by atoms with Crippen LogP contribution in [-0.4, -0.2) is 43.0 Å². The molecule has 1 aromatic heterocycles. The summed E-state index contributed by atoms with van der Waals surface area (Å²) in [6.07, 6.45) is 1.92. The van der Waals surface area contributed by atoms with Crippen molar-refractivity contribution in [3.8, 4) is 0 Å². The van der Waals surface area contributed by atoms with Gasteiger partial charge in [-0.1, -0.05) is 37.6 Å². The van der Waals surface area contributed by atoms with E-state index in [0.717, 1.165) is 31.4 Å². The first-order valence-corrected chi connectivity index (χ1v) is 13.2. The highest BCUT2D eigenvalue weighted by Crippen LogP contribution is 2.52. The van der Waals surface area contributed by atoms with Crippen LogP contribution < -0.4 is 10.0 Å². The van der Waals surface area contributed by atoms with E-state index in [9.17, 15) is 21.6 Å². The molecule has 2 aromatic rings. The largest absolute Gasteiger partial charge is 0.490 e. The molecule has 1 saturated carbocycles. The SMILES string of the molecule is CCCS(=O)(=O)NCc1ccc2c(c1)C(C1(c3ccccn3)CCC1)NCC2.O=C(O)C(F)(F)F. The van der Waals surface area contributed by atoms with Gasteiger partial charge in [0.25, 0.3) is 0 Å². The molecule has 4 rings (SSSR count). The predicted molar refractivity (Wildman–Crippen MR) is 125 cm³/mol. The summed E-state index contributed by atoms with van der Waals surface area (Å²) in [6.45, 7) is 3.19. The normalized spacial score (nSPS) is 19.0. The summed E-state index contributed by atoms with van der Waals surface area (Å²) in [5, 5.41) is 10.9. The van der Waals surface area contributed by atoms with Crippen molar-refractivity contribution in [1.29, 1.82) is 0 Å². The number of nitrogens with zero attached hydrogens (tertiary/aromatic N) is 1. The van der Waals surface area contributed by atoms with E-state index < -0.39 is 22.2 Å². The zero-order valence-electron chi connectivity index (χ0n) is 19.4. The summed E-state index contributed by atoms with van der Waals surface area (Å²) >= 11 is 0. The van der Waals surface area contributed by atoms with E-state index in [1.807, 2.05) is 19.2 Å². The molecule has 0 saturated heterocycles. The van der Waals surface area contributed by atoms with Gasteiger partial charge in [-0.2, -0.15) is 13.2 Å². The lowest BCUT2D eigenvalue weighted by atomic mass is 9.59. The summed E-state index contributed by atoms with van der Waals surface area (Å²) in [5.41, 5.74) is 4.90. The van der Waals surface area contributed by atoms with Crippen molar-refractivity contribution in [3.63, 3.8) is 0 Å². The summed E-state index contributed by atoms with van der Waals surface area (Å²) in [7, 11) is -3.21. The second-order valence-electron chi connectivity index (χ2n) is 8.84. The van der Waals surface area contributed by atoms with E-state index in [-0.39, 0.29) is 17.2 Å². The van der Waals surface area contributed by atoms with Gasteiger partial charge in [0.05, 0.1) is 5.75 Å². The third-order valence-corrected chi connectivity index (χ3v) is 7.98. The first-order valence-electron chi connectivity index (χ1n) is 11.5. The van der Waals surface area contributed by atoms with Crippen LogP contribution in [0, 0.1) is 0 Å². The number of carboxylic acid groups (broad SMARTS) is 1. The van der Waals surface area contributed by atoms with Gasteiger partial charge < -0.3 is 10.4 Å². The molecule has 0 bridgehead atoms. The first-order chi connectivity index (χ1) is 16.5. The van der Waals surface area contributed by atoms with E-state index in [4.69, 9.17) is 14.9 Å². The zero-order valence-corrected chi connectivity index (χ0v) is 20.3. The van der Waals surface area contributed by atoms with Crippen molar-refractivity contribution < 1.29 is 31.5 Å². The lowest BCUT2D eigenvalue weighted by Crippen LogP contribution is -2.49. The number of fused-ring (bicyclic) bond motifs is 1. The quantitative estimate of drug-likeness (QED) is 0.519. The van der Waals surface area contributed by atoms with Crippen LogP contribution in [0.4, 0.5) is 13.2 Å². The van der Waals surface area contributed by atoms with Gasteiger partial charge in [-0.25, -0.2) is 17.9 Å². The molecule has 1 aliphatic heterocycles. The Morgan fingerprint density at radius 3 is 2.51 bits per heavy atom. The van der Waals surface area contributed by atoms with E-state index >= 15 is 0 Å². The van der Waals surface area contributed by atoms with Crippen molar-refractivity contribution in [2.45, 2.75) is 63.2 Å². The van der Waals surface area contributed by atoms with Gasteiger partial charge in [-0.05, 0) is 61.1 Å². The van der Waals surface area contributed by atoms with Crippen molar-refractivity contribution in [2.24, 2.45) is 0 Å². The summed E-state index contributed by atoms with van der Waals surface area (Å²) < 4.78 is 58.5. The number of sulfonamides is 1. The number of benzene rings is 1. The second-order valence-corrected chi connectivity index (χ2v) is 10.8. The highest BCUT2D eigenvalue weighted by molar-refractivity contribution is 7.89. The Morgan fingerprint density at radius 2 is 1.97 bits per heavy atom. The molecule has 2 heterocycles. The number of rotatable bonds is 7. The van der Waals surface area contributed by atoms with Crippen LogP contribution in [0.2, 0.25) is 0 Å². The number of nitrogens with one attached hydrogen (secondary N) is 2. The van der Waals surface area contributed by atoms with E-state index in [1.165, 1.54) is 23.2 Å². The van der Waals surface area contributed by atoms with Gasteiger partial charge >= 0.3 is 12.1 Å². The van der Waals surface area contributed by atoms with Crippen LogP contribution in [0.1, 0.15) is 61.0 Å². The average molecular weight is 514 g/mol. The molecule has 2 aliphatic rings. The monoisotopic (exact) mass is 513 g/mol. The molecule has 1 atom stereocenters. The Bertz CT molecular complexity index is 1120. The van der Waals surface area contributed by atoms with E-state index in [1.54, 1.807) is 0 Å². The third kappa shape index (κ3) is 6.59. The molecule has 0 radical (unpaired) electrons. The molecule has 0 amide bonds. The molecule has 1 aliphatic carbocycles. The maximum atomic E-state index is 12.0. The molecule has 3 N–H and O–H groups in total. The average Bonchev–Trinajstić information content (AvgIpc) is 2.78. The Morgan fingerprint density at radius 1 is 1.26 bits per heavy atom. The Balaban J connectivity index is 0.000000429. The standard InChI is InChI=1S/C22H29N3O2S.C2HF3O2/c1-2-14-28(26,27)25-16-17-7-8-18-9-13-24-21(19(18)15-17)22(10-5-11-22)20-6-3-4-12-23-20;3-2(4,5)1(6)7/h3-4,6-8,12,15,21,24-25H,2,5,9-11,13-14,16H2,1H3;(H,6,7). The van der Waals surface area contributed by atoms with Crippen LogP contribution in [0.3, 0.4) is 0 Å². The van der Waals surface area contributed by atoms with Gasteiger partial charge in [0.1, 0.15) is 0 Å². The van der Waals surface area contributed by atoms with Crippen LogP contribution in [0.15, 0.2) is 42.6 Å². The fourth-order valence-electron chi connectivity index (χ4n) is 4.65. The maximum absolute atomic E-state index is 12.0. The number of carbonyl (C=O) groups is 1. The molecule has 35 heavy (non-hydrogen) atoms. The number of alkyl halides is 3. The summed E-state index contributed by atoms with van der Waals surface area (Å²) in [6, 6.07) is 12.9. The molecular formula is C24H30F3N3O4S. The summed E-state index contributed by atoms with van der Waals surface area (Å²) in [5.74, 6) is -2.59. The maximum Gasteiger partial charge on any atom is 0.490 e. The highest BCUT2D eigenvalue weighted by Gasteiger charge is 2.48. The lowest BCUT2D eigenvalue weighted by Gasteiger charge is -2.49. The zero-order chi connectivity index (χ0) is 25.7. The predicted octanol–water partition coefficient (Wildman–Crippen LogP) is 3.85. The van der Waals surface area contributed by atoms with Gasteiger partial charge in [0.15, 0.2) is 0 Å². The number of pyridine rings is 1. The van der Waals surface area contributed by atoms with Crippen LogP contribution in [0.5, 0.6) is 0 Å². The summed E-state index contributed by atoms with van der Waals surface area (Å²) in [4.78, 5) is 13.6. The number of hydrogen-bond acceptors (Lipinski definition) is 5. The second kappa shape index (κ2) is 11.0. The fourth-order valence-corrected chi connectivity index (χ4v) is 5.72. The van der Waals surface area contributed by atoms with Gasteiger partial charge in [0.2, 0.25) is 10.0 Å². The topological polar surface area (TPSA) is 108 Å². The van der Waals surface area contributed by atoms with Crippen LogP contribution >= 0.6 is 0 Å². The number of carboxylic acids is 1. The number of halogens is 3. The number of aromatic nitrogens is 1. The van der Waals surface area contributed by atoms with Gasteiger partial charge in [-0.15, -0.1) is 0 Å². The molecule has 1 unspecified atom stereocenters. The molecular weight excluding hydrogens is 483 g/mol. The molecule has 1 fully saturated rings. The van der Waals surface area contributed by atoms with Crippen LogP contribution in [0.25, 0.3) is 0 Å². The first kappa shape index (κ1) is 27.1. The van der Waals surface area contributed by atoms with E-state index in [0.29, 0.717) is 13.0 Å². The Hall–Kier alpha value is -2.50. The lowest BCUT2D eigenvalue weighted by molar-refractivity contribution is -0.192. The molecule has 11 heteroatoms. The minimum Gasteiger partial charge on any atom is -0.475 e. The van der Waals surface area contributed by atoms with E-state index in [2.05, 4.69) is 40.4 Å². The third-order valence-electron chi connectivity index (χ3n) is 6.45. The Kier molecular flexibility index (Phi) is 8.55. The van der Waals surface area contributed by atoms with Crippen molar-refractivity contribution in [3.05, 3.63) is 65.0 Å². The van der Waals surface area contributed by atoms with Crippen LogP contribution in [-0.2, 0) is 33.2 Å².